The standard InChI is InChI=1S/C14H16N4O5S2/c1-4-23-12(20)10-6-5-7-11(8(10)2)18-25(21,22)14-17-16-13(24-14)15-9(3)19/h5-7,18H,4H2,1-3H3,(H,15,16,19). The van der Waals surface area contributed by atoms with E-state index in [1.54, 1.807) is 26.0 Å². The van der Waals surface area contributed by atoms with Crippen molar-refractivity contribution in [3.8, 4) is 0 Å². The van der Waals surface area contributed by atoms with Gasteiger partial charge in [0.05, 0.1) is 17.9 Å². The molecule has 9 nitrogen and oxygen atoms in total. The lowest BCUT2D eigenvalue weighted by atomic mass is 10.1. The van der Waals surface area contributed by atoms with Crippen molar-refractivity contribution in [1.82, 2.24) is 10.2 Å². The minimum absolute atomic E-state index is 0.0740. The highest BCUT2D eigenvalue weighted by atomic mass is 32.2. The first-order valence-electron chi connectivity index (χ1n) is 7.15. The highest BCUT2D eigenvalue weighted by Gasteiger charge is 2.23. The number of aromatic nitrogens is 2. The Hall–Kier alpha value is -2.53. The van der Waals surface area contributed by atoms with E-state index in [1.807, 2.05) is 0 Å². The molecule has 0 atom stereocenters. The topological polar surface area (TPSA) is 127 Å². The number of ether oxygens (including phenoxy) is 1. The van der Waals surface area contributed by atoms with E-state index in [0.29, 0.717) is 16.9 Å². The van der Waals surface area contributed by atoms with Crippen molar-refractivity contribution in [1.29, 1.82) is 0 Å². The first-order valence-corrected chi connectivity index (χ1v) is 9.45. The van der Waals surface area contributed by atoms with Gasteiger partial charge >= 0.3 is 5.97 Å². The van der Waals surface area contributed by atoms with Crippen LogP contribution in [0.15, 0.2) is 22.5 Å². The van der Waals surface area contributed by atoms with Crippen LogP contribution < -0.4 is 10.0 Å². The fourth-order valence-corrected chi connectivity index (χ4v) is 3.95. The Kier molecular flexibility index (Phi) is 5.69. The van der Waals surface area contributed by atoms with Gasteiger partial charge in [-0.2, -0.15) is 8.42 Å². The second-order valence-corrected chi connectivity index (χ2v) is 7.69. The Balaban J connectivity index is 2.29. The van der Waals surface area contributed by atoms with Crippen molar-refractivity contribution >= 4 is 44.1 Å². The smallest absolute Gasteiger partial charge is 0.338 e. The number of hydrogen-bond acceptors (Lipinski definition) is 8. The average Bonchev–Trinajstić information content (AvgIpc) is 2.98. The number of carbonyl (C=O) groups is 2. The zero-order valence-electron chi connectivity index (χ0n) is 13.7. The van der Waals surface area contributed by atoms with Gasteiger partial charge in [-0.3, -0.25) is 9.52 Å². The summed E-state index contributed by atoms with van der Waals surface area (Å²) < 4.78 is 31.9. The van der Waals surface area contributed by atoms with E-state index in [0.717, 1.165) is 0 Å². The van der Waals surface area contributed by atoms with E-state index in [9.17, 15) is 18.0 Å². The van der Waals surface area contributed by atoms with Gasteiger partial charge in [0.25, 0.3) is 14.4 Å². The highest BCUT2D eigenvalue weighted by molar-refractivity contribution is 7.94. The Morgan fingerprint density at radius 2 is 2.00 bits per heavy atom. The molecule has 2 rings (SSSR count). The van der Waals surface area contributed by atoms with Crippen molar-refractivity contribution < 1.29 is 22.7 Å². The maximum atomic E-state index is 12.4. The number of carbonyl (C=O) groups excluding carboxylic acids is 2. The molecular weight excluding hydrogens is 368 g/mol. The third-order valence-electron chi connectivity index (χ3n) is 2.99. The summed E-state index contributed by atoms with van der Waals surface area (Å²) in [5.74, 6) is -0.920. The van der Waals surface area contributed by atoms with Crippen LogP contribution in [0.3, 0.4) is 0 Å². The first kappa shape index (κ1) is 18.8. The number of anilines is 2. The summed E-state index contributed by atoms with van der Waals surface area (Å²) >= 11 is 0.716. The van der Waals surface area contributed by atoms with Crippen LogP contribution >= 0.6 is 11.3 Å². The number of sulfonamides is 1. The summed E-state index contributed by atoms with van der Waals surface area (Å²) in [5.41, 5.74) is 0.913. The summed E-state index contributed by atoms with van der Waals surface area (Å²) in [6.07, 6.45) is 0. The molecule has 2 N–H and O–H groups in total. The van der Waals surface area contributed by atoms with E-state index in [4.69, 9.17) is 4.74 Å². The van der Waals surface area contributed by atoms with Crippen LogP contribution in [-0.4, -0.2) is 37.1 Å². The second-order valence-electron chi connectivity index (χ2n) is 4.86. The minimum atomic E-state index is -4.01. The van der Waals surface area contributed by atoms with Crippen LogP contribution in [0.2, 0.25) is 0 Å². The lowest BCUT2D eigenvalue weighted by molar-refractivity contribution is -0.114. The van der Waals surface area contributed by atoms with Gasteiger partial charge in [0.1, 0.15) is 0 Å². The number of amides is 1. The Labute approximate surface area is 148 Å². The zero-order chi connectivity index (χ0) is 18.6. The molecule has 0 fully saturated rings. The maximum absolute atomic E-state index is 12.4. The van der Waals surface area contributed by atoms with Crippen LogP contribution in [0, 0.1) is 6.92 Å². The lowest BCUT2D eigenvalue weighted by Crippen LogP contribution is -2.15. The van der Waals surface area contributed by atoms with Gasteiger partial charge in [0.2, 0.25) is 11.0 Å². The Morgan fingerprint density at radius 3 is 2.64 bits per heavy atom. The predicted molar refractivity (Wildman–Crippen MR) is 92.2 cm³/mol. The van der Waals surface area contributed by atoms with Gasteiger partial charge in [0.15, 0.2) is 0 Å². The molecule has 0 spiro atoms. The molecule has 0 unspecified atom stereocenters. The van der Waals surface area contributed by atoms with Crippen LogP contribution in [0.4, 0.5) is 10.8 Å². The molecule has 0 saturated carbocycles. The largest absolute Gasteiger partial charge is 0.462 e. The number of hydrogen-bond donors (Lipinski definition) is 2. The molecule has 0 saturated heterocycles. The van der Waals surface area contributed by atoms with E-state index >= 15 is 0 Å². The number of benzene rings is 1. The molecule has 2 aromatic rings. The number of nitrogens with zero attached hydrogens (tertiary/aromatic N) is 2. The van der Waals surface area contributed by atoms with E-state index in [-0.39, 0.29) is 33.2 Å². The highest BCUT2D eigenvalue weighted by Crippen LogP contribution is 2.25. The molecule has 25 heavy (non-hydrogen) atoms. The van der Waals surface area contributed by atoms with E-state index in [1.165, 1.54) is 13.0 Å². The number of esters is 1. The zero-order valence-corrected chi connectivity index (χ0v) is 15.3. The van der Waals surface area contributed by atoms with Crippen molar-refractivity contribution in [2.45, 2.75) is 25.1 Å². The Bertz CT molecular complexity index is 908. The third-order valence-corrected chi connectivity index (χ3v) is 5.56. The average molecular weight is 384 g/mol. The van der Waals surface area contributed by atoms with Crippen LogP contribution in [-0.2, 0) is 19.6 Å². The van der Waals surface area contributed by atoms with Gasteiger partial charge < -0.3 is 10.1 Å². The molecule has 1 heterocycles. The van der Waals surface area contributed by atoms with Gasteiger partial charge in [-0.05, 0) is 31.5 Å². The summed E-state index contributed by atoms with van der Waals surface area (Å²) in [7, 11) is -4.01. The van der Waals surface area contributed by atoms with Crippen LogP contribution in [0.25, 0.3) is 0 Å². The molecule has 1 aromatic carbocycles. The monoisotopic (exact) mass is 384 g/mol. The second kappa shape index (κ2) is 7.57. The molecule has 1 amide bonds. The van der Waals surface area contributed by atoms with Crippen LogP contribution in [0.1, 0.15) is 29.8 Å². The first-order chi connectivity index (χ1) is 11.7. The summed E-state index contributed by atoms with van der Waals surface area (Å²) in [6, 6.07) is 4.61. The molecule has 0 aliphatic rings. The lowest BCUT2D eigenvalue weighted by Gasteiger charge is -2.11. The normalized spacial score (nSPS) is 11.0. The van der Waals surface area contributed by atoms with Gasteiger partial charge in [-0.25, -0.2) is 4.79 Å². The van der Waals surface area contributed by atoms with Crippen molar-refractivity contribution in [2.24, 2.45) is 0 Å². The summed E-state index contributed by atoms with van der Waals surface area (Å²) in [6.45, 7) is 4.78. The molecule has 0 bridgehead atoms. The maximum Gasteiger partial charge on any atom is 0.338 e. The van der Waals surface area contributed by atoms with E-state index in [2.05, 4.69) is 20.2 Å². The fourth-order valence-electron chi connectivity index (χ4n) is 1.88. The summed E-state index contributed by atoms with van der Waals surface area (Å²) in [4.78, 5) is 22.9. The molecule has 0 radical (unpaired) electrons. The van der Waals surface area contributed by atoms with Crippen molar-refractivity contribution in [3.05, 3.63) is 29.3 Å². The molecule has 1 aromatic heterocycles. The molecule has 11 heteroatoms. The molecule has 0 aliphatic heterocycles. The van der Waals surface area contributed by atoms with Crippen molar-refractivity contribution in [2.75, 3.05) is 16.6 Å². The van der Waals surface area contributed by atoms with Gasteiger partial charge in [-0.1, -0.05) is 17.4 Å². The molecular formula is C14H16N4O5S2. The third kappa shape index (κ3) is 4.51. The van der Waals surface area contributed by atoms with Crippen molar-refractivity contribution in [3.63, 3.8) is 0 Å². The predicted octanol–water partition coefficient (Wildman–Crippen LogP) is 1.78. The van der Waals surface area contributed by atoms with Gasteiger partial charge in [0, 0.05) is 6.92 Å². The quantitative estimate of drug-likeness (QED) is 0.574. The van der Waals surface area contributed by atoms with Gasteiger partial charge in [-0.15, -0.1) is 10.2 Å². The number of rotatable bonds is 6. The molecule has 134 valence electrons. The minimum Gasteiger partial charge on any atom is -0.462 e. The van der Waals surface area contributed by atoms with Crippen LogP contribution in [0.5, 0.6) is 0 Å². The Morgan fingerprint density at radius 1 is 1.28 bits per heavy atom. The summed E-state index contributed by atoms with van der Waals surface area (Å²) in [5, 5.41) is 9.60. The SMILES string of the molecule is CCOC(=O)c1cccc(NS(=O)(=O)c2nnc(NC(C)=O)s2)c1C. The van der Waals surface area contributed by atoms with E-state index < -0.39 is 16.0 Å². The molecule has 0 aliphatic carbocycles. The number of nitrogens with one attached hydrogen (secondary N) is 2. The fraction of sp³-hybridized carbons (Fsp3) is 0.286.